The molecule has 322 valence electrons. The van der Waals surface area contributed by atoms with Gasteiger partial charge < -0.3 is 42.8 Å². The third kappa shape index (κ3) is 11.2. The second kappa shape index (κ2) is 24.8. The molecule has 8 rings (SSSR count). The Bertz CT molecular complexity index is 2480. The van der Waals surface area contributed by atoms with E-state index in [2.05, 4.69) is 20.0 Å². The van der Waals surface area contributed by atoms with Crippen molar-refractivity contribution in [3.05, 3.63) is 165 Å². The number of H-pyrrole nitrogens is 2. The molecule has 0 saturated heterocycles. The molecule has 0 amide bonds. The van der Waals surface area contributed by atoms with Gasteiger partial charge in [0.05, 0.1) is 22.8 Å². The van der Waals surface area contributed by atoms with Crippen LogP contribution in [0.2, 0.25) is 0 Å². The van der Waals surface area contributed by atoms with E-state index in [1.807, 2.05) is 159 Å². The van der Waals surface area contributed by atoms with E-state index in [9.17, 15) is 9.59 Å². The van der Waals surface area contributed by atoms with Gasteiger partial charge in [0.2, 0.25) is 0 Å². The fraction of sp³-hybridized carbons (Fsp3) is 0.100. The summed E-state index contributed by atoms with van der Waals surface area (Å²) in [4.78, 5) is 41.2. The van der Waals surface area contributed by atoms with Crippen molar-refractivity contribution in [1.29, 1.82) is 0 Å². The number of rotatable bonds is 6. The van der Waals surface area contributed by atoms with Crippen molar-refractivity contribution in [2.24, 2.45) is 24.1 Å². The van der Waals surface area contributed by atoms with Gasteiger partial charge in [-0.3, -0.25) is 19.0 Å². The molecule has 4 aromatic carbocycles. The number of aliphatic imine (C=N–C) groups is 2. The first-order chi connectivity index (χ1) is 24.3. The van der Waals surface area contributed by atoms with E-state index in [4.69, 9.17) is 0 Å². The Morgan fingerprint density at radius 1 is 0.492 bits per heavy atom. The van der Waals surface area contributed by atoms with Gasteiger partial charge in [-0.1, -0.05) is 72.8 Å². The third-order valence-corrected chi connectivity index (χ3v) is 8.96. The van der Waals surface area contributed by atoms with Crippen LogP contribution in [-0.2, 0) is 30.6 Å². The van der Waals surface area contributed by atoms with Crippen LogP contribution < -0.4 is 11.1 Å². The number of para-hydroxylation sites is 4. The Kier molecular flexibility index (Phi) is 24.2. The third-order valence-electron chi connectivity index (χ3n) is 8.96. The van der Waals surface area contributed by atoms with Gasteiger partial charge in [-0.05, 0) is 50.2 Å². The second-order valence-electron chi connectivity index (χ2n) is 11.9. The average molecular weight is 900 g/mol. The topological polar surface area (TPSA) is 299 Å². The van der Waals surface area contributed by atoms with Crippen LogP contribution in [0.25, 0.3) is 33.2 Å². The van der Waals surface area contributed by atoms with Crippen LogP contribution >= 0.6 is 24.8 Å². The maximum atomic E-state index is 12.9. The van der Waals surface area contributed by atoms with Crippen molar-refractivity contribution in [3.8, 4) is 11.4 Å². The zero-order valence-electron chi connectivity index (χ0n) is 32.3. The van der Waals surface area contributed by atoms with Gasteiger partial charge in [-0.25, -0.2) is 19.3 Å². The van der Waals surface area contributed by atoms with Crippen molar-refractivity contribution >= 4 is 70.4 Å². The molecule has 0 aliphatic heterocycles. The summed E-state index contributed by atoms with van der Waals surface area (Å²) >= 11 is 0. The van der Waals surface area contributed by atoms with E-state index in [0.29, 0.717) is 11.4 Å². The zero-order valence-corrected chi connectivity index (χ0v) is 35.0. The number of halogens is 2. The normalized spacial score (nSPS) is 9.83. The first-order valence-electron chi connectivity index (χ1n) is 16.2. The Morgan fingerprint density at radius 2 is 0.797 bits per heavy atom. The molecule has 0 spiro atoms. The largest absolute Gasteiger partial charge is 0.412 e. The maximum absolute atomic E-state index is 12.9. The SMILES string of the molecule is Cc1c(N=Cc2c[nH]c3ccccc23)c(=O)n(-c2ccccc2)n1C.Cc1c(N=Cc2c[nH]c3ccccc23)c(=O)n(-c2ccccc2)n1C.Cl.Cl.O.O.O.O.O.O.[Ni]. The minimum atomic E-state index is -0.123. The number of aromatic amines is 2. The number of nitrogens with one attached hydrogen (secondary N) is 2. The standard InChI is InChI=1S/2C20H18N4O.2ClH.Ni.6H2O/c2*1-14-19(20(25)24(23(14)2)16-8-4-3-5-9-16)22-13-15-12-21-18-11-7-6-10-17(15)18;;;;;;;;;/h2*3-13,21H,1-2H3;2*1H;;6*1H2. The van der Waals surface area contributed by atoms with Gasteiger partial charge in [0.25, 0.3) is 11.1 Å². The quantitative estimate of drug-likeness (QED) is 0.188. The number of nitrogens with zero attached hydrogens (tertiary/aromatic N) is 6. The maximum Gasteiger partial charge on any atom is 0.297 e. The number of fused-ring (bicyclic) bond motifs is 2. The molecule has 4 heterocycles. The molecule has 0 atom stereocenters. The monoisotopic (exact) mass is 898 g/mol. The van der Waals surface area contributed by atoms with Gasteiger partial charge in [-0.15, -0.1) is 24.8 Å². The van der Waals surface area contributed by atoms with Crippen LogP contribution in [0.4, 0.5) is 11.4 Å². The predicted molar refractivity (Wildman–Crippen MR) is 239 cm³/mol. The molecule has 0 radical (unpaired) electrons. The van der Waals surface area contributed by atoms with Crippen LogP contribution in [0.5, 0.6) is 0 Å². The second-order valence-corrected chi connectivity index (χ2v) is 11.9. The van der Waals surface area contributed by atoms with E-state index in [1.54, 1.807) is 21.8 Å². The molecule has 0 bridgehead atoms. The molecule has 14 N–H and O–H groups in total. The van der Waals surface area contributed by atoms with Crippen molar-refractivity contribution in [1.82, 2.24) is 28.7 Å². The Balaban J connectivity index is -0.000000922. The summed E-state index contributed by atoms with van der Waals surface area (Å²) in [5.74, 6) is 0. The zero-order chi connectivity index (χ0) is 34.8. The first kappa shape index (κ1) is 57.5. The molecule has 59 heavy (non-hydrogen) atoms. The van der Waals surface area contributed by atoms with Crippen molar-refractivity contribution in [3.63, 3.8) is 0 Å². The van der Waals surface area contributed by atoms with Gasteiger partial charge in [0.1, 0.15) is 0 Å². The summed E-state index contributed by atoms with van der Waals surface area (Å²) in [7, 11) is 3.74. The number of aromatic nitrogens is 6. The molecule has 0 aliphatic carbocycles. The number of benzene rings is 4. The molecule has 19 heteroatoms. The van der Waals surface area contributed by atoms with Crippen LogP contribution in [0.1, 0.15) is 22.5 Å². The smallest absolute Gasteiger partial charge is 0.297 e. The van der Waals surface area contributed by atoms with E-state index >= 15 is 0 Å². The van der Waals surface area contributed by atoms with Gasteiger partial charge in [-0.2, -0.15) is 0 Å². The summed E-state index contributed by atoms with van der Waals surface area (Å²) < 4.78 is 6.94. The van der Waals surface area contributed by atoms with E-state index in [-0.39, 0.29) is 85.3 Å². The van der Waals surface area contributed by atoms with Gasteiger partial charge >= 0.3 is 0 Å². The Labute approximate surface area is 361 Å². The van der Waals surface area contributed by atoms with Crippen molar-refractivity contribution in [2.75, 3.05) is 0 Å². The van der Waals surface area contributed by atoms with Crippen LogP contribution in [-0.4, -0.2) is 74.0 Å². The summed E-state index contributed by atoms with van der Waals surface area (Å²) in [6, 6.07) is 35.2. The van der Waals surface area contributed by atoms with Crippen molar-refractivity contribution in [2.45, 2.75) is 13.8 Å². The molecule has 0 fully saturated rings. The molecule has 8 aromatic rings. The number of hydrogen-bond donors (Lipinski definition) is 2. The molecular weight excluding hydrogens is 850 g/mol. The van der Waals surface area contributed by atoms with E-state index in [0.717, 1.165) is 55.7 Å². The summed E-state index contributed by atoms with van der Waals surface area (Å²) in [5, 5.41) is 2.17. The fourth-order valence-corrected chi connectivity index (χ4v) is 6.08. The molecule has 0 saturated carbocycles. The van der Waals surface area contributed by atoms with Crippen LogP contribution in [0.15, 0.2) is 141 Å². The minimum Gasteiger partial charge on any atom is -0.412 e. The summed E-state index contributed by atoms with van der Waals surface area (Å²) in [6.07, 6.45) is 7.31. The molecule has 4 aromatic heterocycles. The molecule has 0 aliphatic rings. The number of hydrogen-bond acceptors (Lipinski definition) is 4. The summed E-state index contributed by atoms with van der Waals surface area (Å²) in [6.45, 7) is 3.81. The molecular formula is C40H50Cl2N8NiO8. The Morgan fingerprint density at radius 3 is 1.14 bits per heavy atom. The van der Waals surface area contributed by atoms with E-state index in [1.165, 1.54) is 0 Å². The summed E-state index contributed by atoms with van der Waals surface area (Å²) in [5.41, 5.74) is 7.99. The average Bonchev–Trinajstić information content (AvgIpc) is 3.86. The minimum absolute atomic E-state index is 0. The molecule has 0 unspecified atom stereocenters. The first-order valence-corrected chi connectivity index (χ1v) is 16.2. The van der Waals surface area contributed by atoms with Crippen LogP contribution in [0.3, 0.4) is 0 Å². The van der Waals surface area contributed by atoms with E-state index < -0.39 is 0 Å². The van der Waals surface area contributed by atoms with Crippen LogP contribution in [0, 0.1) is 13.8 Å². The molecule has 16 nitrogen and oxygen atoms in total. The van der Waals surface area contributed by atoms with Gasteiger partial charge in [0.15, 0.2) is 11.4 Å². The predicted octanol–water partition coefficient (Wildman–Crippen LogP) is 3.33. The Hall–Kier alpha value is -5.85. The van der Waals surface area contributed by atoms with Crippen molar-refractivity contribution < 1.29 is 49.3 Å². The fourth-order valence-electron chi connectivity index (χ4n) is 6.08. The van der Waals surface area contributed by atoms with Gasteiger partial charge in [0, 0.05) is 88.3 Å².